The molecule has 2 aliphatic rings. The molecule has 0 radical (unpaired) electrons. The Morgan fingerprint density at radius 1 is 1.16 bits per heavy atom. The predicted octanol–water partition coefficient (Wildman–Crippen LogP) is 2.33. The van der Waals surface area contributed by atoms with E-state index in [0.717, 1.165) is 52.5 Å². The van der Waals surface area contributed by atoms with Crippen LogP contribution in [0.3, 0.4) is 0 Å². The monoisotopic (exact) mass is 345 g/mol. The summed E-state index contributed by atoms with van der Waals surface area (Å²) < 4.78 is 5.48. The first kappa shape index (κ1) is 18.8. The van der Waals surface area contributed by atoms with E-state index in [0.29, 0.717) is 11.5 Å². The third-order valence-electron chi connectivity index (χ3n) is 5.59. The van der Waals surface area contributed by atoms with E-state index in [-0.39, 0.29) is 0 Å². The van der Waals surface area contributed by atoms with Gasteiger partial charge in [-0.1, -0.05) is 38.1 Å². The zero-order valence-electron chi connectivity index (χ0n) is 16.5. The molecule has 0 aliphatic carbocycles. The van der Waals surface area contributed by atoms with Gasteiger partial charge in [-0.05, 0) is 37.1 Å². The lowest BCUT2D eigenvalue weighted by Gasteiger charge is -2.40. The Bertz CT molecular complexity index is 554. The standard InChI is InChI=1S/C21H35N3O/c1-21(2,17-24-9-11-25-12-10-24)16-22(3)15-20-13-18-7-5-6-8-19(18)14-23(20)4/h5-8,20H,9-17H2,1-4H3/t20-/m1/s1. The molecular weight excluding hydrogens is 310 g/mol. The van der Waals surface area contributed by atoms with Crippen LogP contribution in [0, 0.1) is 5.41 Å². The van der Waals surface area contributed by atoms with Gasteiger partial charge >= 0.3 is 0 Å². The molecule has 2 aliphatic heterocycles. The van der Waals surface area contributed by atoms with Crippen molar-refractivity contribution in [2.45, 2.75) is 32.9 Å². The second kappa shape index (κ2) is 8.17. The summed E-state index contributed by atoms with van der Waals surface area (Å²) in [5, 5.41) is 0. The Kier molecular flexibility index (Phi) is 6.16. The van der Waals surface area contributed by atoms with Gasteiger partial charge in [-0.25, -0.2) is 0 Å². The predicted molar refractivity (Wildman–Crippen MR) is 104 cm³/mol. The molecular formula is C21H35N3O. The maximum absolute atomic E-state index is 5.48. The van der Waals surface area contributed by atoms with Crippen LogP contribution in [0.5, 0.6) is 0 Å². The van der Waals surface area contributed by atoms with Gasteiger partial charge in [-0.2, -0.15) is 0 Å². The number of nitrogens with zero attached hydrogens (tertiary/aromatic N) is 3. The summed E-state index contributed by atoms with van der Waals surface area (Å²) in [6.45, 7) is 13.2. The summed E-state index contributed by atoms with van der Waals surface area (Å²) in [4.78, 5) is 7.61. The number of hydrogen-bond donors (Lipinski definition) is 0. The van der Waals surface area contributed by atoms with Crippen LogP contribution in [0.4, 0.5) is 0 Å². The summed E-state index contributed by atoms with van der Waals surface area (Å²) in [6, 6.07) is 9.53. The number of ether oxygens (including phenoxy) is 1. The summed E-state index contributed by atoms with van der Waals surface area (Å²) >= 11 is 0. The molecule has 4 nitrogen and oxygen atoms in total. The first-order valence-electron chi connectivity index (χ1n) is 9.69. The van der Waals surface area contributed by atoms with Crippen LogP contribution in [-0.4, -0.2) is 80.8 Å². The van der Waals surface area contributed by atoms with Crippen LogP contribution in [0.25, 0.3) is 0 Å². The molecule has 0 saturated carbocycles. The molecule has 1 atom stereocenters. The third kappa shape index (κ3) is 5.27. The number of rotatable bonds is 6. The van der Waals surface area contributed by atoms with E-state index in [2.05, 4.69) is 66.9 Å². The molecule has 3 rings (SSSR count). The van der Waals surface area contributed by atoms with Crippen LogP contribution in [0.15, 0.2) is 24.3 Å². The summed E-state index contributed by atoms with van der Waals surface area (Å²) in [7, 11) is 4.56. The quantitative estimate of drug-likeness (QED) is 0.788. The molecule has 1 aromatic rings. The zero-order valence-corrected chi connectivity index (χ0v) is 16.5. The van der Waals surface area contributed by atoms with Crippen molar-refractivity contribution in [3.63, 3.8) is 0 Å². The van der Waals surface area contributed by atoms with E-state index in [1.807, 2.05) is 0 Å². The van der Waals surface area contributed by atoms with Crippen LogP contribution < -0.4 is 0 Å². The third-order valence-corrected chi connectivity index (χ3v) is 5.59. The Balaban J connectivity index is 1.52. The number of benzene rings is 1. The zero-order chi connectivity index (χ0) is 17.9. The van der Waals surface area contributed by atoms with Crippen molar-refractivity contribution in [3.8, 4) is 0 Å². The van der Waals surface area contributed by atoms with Gasteiger partial charge in [0.15, 0.2) is 0 Å². The molecule has 0 spiro atoms. The van der Waals surface area contributed by atoms with Crippen molar-refractivity contribution in [1.29, 1.82) is 0 Å². The van der Waals surface area contributed by atoms with E-state index in [9.17, 15) is 0 Å². The van der Waals surface area contributed by atoms with Crippen LogP contribution in [0.2, 0.25) is 0 Å². The number of morpholine rings is 1. The van der Waals surface area contributed by atoms with Crippen LogP contribution in [-0.2, 0) is 17.7 Å². The van der Waals surface area contributed by atoms with Gasteiger partial charge in [0.05, 0.1) is 13.2 Å². The normalized spacial score (nSPS) is 23.0. The minimum atomic E-state index is 0.303. The highest BCUT2D eigenvalue weighted by Gasteiger charge is 2.28. The Morgan fingerprint density at radius 3 is 2.56 bits per heavy atom. The molecule has 140 valence electrons. The maximum atomic E-state index is 5.48. The Morgan fingerprint density at radius 2 is 1.84 bits per heavy atom. The van der Waals surface area contributed by atoms with Crippen LogP contribution >= 0.6 is 0 Å². The molecule has 25 heavy (non-hydrogen) atoms. The summed E-state index contributed by atoms with van der Waals surface area (Å²) in [5.74, 6) is 0. The highest BCUT2D eigenvalue weighted by atomic mass is 16.5. The SMILES string of the molecule is CN(C[C@H]1Cc2ccccc2CN1C)CC(C)(C)CN1CCOCC1. The van der Waals surface area contributed by atoms with E-state index in [4.69, 9.17) is 4.74 Å². The van der Waals surface area contributed by atoms with Gasteiger partial charge in [-0.3, -0.25) is 9.80 Å². The molecule has 0 unspecified atom stereocenters. The molecule has 1 aromatic carbocycles. The van der Waals surface area contributed by atoms with Gasteiger partial charge < -0.3 is 9.64 Å². The summed E-state index contributed by atoms with van der Waals surface area (Å²) in [5.41, 5.74) is 3.33. The fourth-order valence-electron chi connectivity index (χ4n) is 4.49. The highest BCUT2D eigenvalue weighted by Crippen LogP contribution is 2.24. The summed E-state index contributed by atoms with van der Waals surface area (Å²) in [6.07, 6.45) is 1.17. The molecule has 0 N–H and O–H groups in total. The molecule has 1 saturated heterocycles. The lowest BCUT2D eigenvalue weighted by atomic mass is 9.90. The second-order valence-corrected chi connectivity index (χ2v) is 8.79. The number of hydrogen-bond acceptors (Lipinski definition) is 4. The molecule has 2 heterocycles. The lowest BCUT2D eigenvalue weighted by Crippen LogP contribution is -2.49. The molecule has 0 amide bonds. The topological polar surface area (TPSA) is 19.0 Å². The van der Waals surface area contributed by atoms with Crippen molar-refractivity contribution in [2.24, 2.45) is 5.41 Å². The van der Waals surface area contributed by atoms with E-state index >= 15 is 0 Å². The first-order chi connectivity index (χ1) is 11.9. The minimum Gasteiger partial charge on any atom is -0.379 e. The van der Waals surface area contributed by atoms with Gasteiger partial charge in [0.1, 0.15) is 0 Å². The largest absolute Gasteiger partial charge is 0.379 e. The van der Waals surface area contributed by atoms with E-state index in [1.54, 1.807) is 0 Å². The average Bonchev–Trinajstić information content (AvgIpc) is 2.55. The molecule has 0 bridgehead atoms. The molecule has 4 heteroatoms. The minimum absolute atomic E-state index is 0.303. The average molecular weight is 346 g/mol. The van der Waals surface area contributed by atoms with E-state index in [1.165, 1.54) is 17.5 Å². The highest BCUT2D eigenvalue weighted by molar-refractivity contribution is 5.30. The van der Waals surface area contributed by atoms with Gasteiger partial charge in [0.2, 0.25) is 0 Å². The maximum Gasteiger partial charge on any atom is 0.0594 e. The fourth-order valence-corrected chi connectivity index (χ4v) is 4.49. The van der Waals surface area contributed by atoms with Crippen molar-refractivity contribution in [1.82, 2.24) is 14.7 Å². The van der Waals surface area contributed by atoms with Crippen molar-refractivity contribution in [2.75, 3.05) is 60.0 Å². The Labute approximate surface area is 153 Å². The van der Waals surface area contributed by atoms with Gasteiger partial charge in [-0.15, -0.1) is 0 Å². The van der Waals surface area contributed by atoms with E-state index < -0.39 is 0 Å². The molecule has 0 aromatic heterocycles. The van der Waals surface area contributed by atoms with Crippen LogP contribution in [0.1, 0.15) is 25.0 Å². The van der Waals surface area contributed by atoms with Gasteiger partial charge in [0, 0.05) is 45.3 Å². The Hall–Kier alpha value is -0.940. The second-order valence-electron chi connectivity index (χ2n) is 8.79. The fraction of sp³-hybridized carbons (Fsp3) is 0.714. The first-order valence-corrected chi connectivity index (χ1v) is 9.69. The van der Waals surface area contributed by atoms with Crippen molar-refractivity contribution in [3.05, 3.63) is 35.4 Å². The van der Waals surface area contributed by atoms with Gasteiger partial charge in [0.25, 0.3) is 0 Å². The lowest BCUT2D eigenvalue weighted by molar-refractivity contribution is 0.0150. The number of likely N-dealkylation sites (N-methyl/N-ethyl adjacent to an activating group) is 2. The smallest absolute Gasteiger partial charge is 0.0594 e. The van der Waals surface area contributed by atoms with Crippen molar-refractivity contribution >= 4 is 0 Å². The molecule has 1 fully saturated rings. The van der Waals surface area contributed by atoms with Crippen molar-refractivity contribution < 1.29 is 4.74 Å². The number of fused-ring (bicyclic) bond motifs is 1.